The molecule has 1 heterocycles. The minimum atomic E-state index is -1.18. The molecule has 2 aliphatic rings. The summed E-state index contributed by atoms with van der Waals surface area (Å²) in [5.74, 6) is 1.50. The molecule has 2 rings (SSSR count). The fourth-order valence-corrected chi connectivity index (χ4v) is 5.00. The number of rotatable bonds is 5. The van der Waals surface area contributed by atoms with Gasteiger partial charge in [-0.3, -0.25) is 0 Å². The molecule has 0 aromatic carbocycles. The molecule has 0 aromatic rings. The van der Waals surface area contributed by atoms with Crippen molar-refractivity contribution >= 4 is 20.5 Å². The van der Waals surface area contributed by atoms with Gasteiger partial charge >= 0.3 is 6.09 Å². The zero-order valence-electron chi connectivity index (χ0n) is 15.2. The van der Waals surface area contributed by atoms with Gasteiger partial charge in [0.15, 0.2) is 0 Å². The lowest BCUT2D eigenvalue weighted by atomic mass is 9.67. The summed E-state index contributed by atoms with van der Waals surface area (Å²) in [6.45, 7) is 10.5. The van der Waals surface area contributed by atoms with Crippen molar-refractivity contribution in [1.82, 2.24) is 4.90 Å². The minimum absolute atomic E-state index is 0.128. The summed E-state index contributed by atoms with van der Waals surface area (Å²) in [5.41, 5.74) is 0. The molecule has 0 bridgehead atoms. The van der Waals surface area contributed by atoms with Crippen LogP contribution in [0.5, 0.6) is 0 Å². The normalized spacial score (nSPS) is 31.4. The van der Waals surface area contributed by atoms with Gasteiger partial charge in [0, 0.05) is 27.1 Å². The molecule has 1 aliphatic carbocycles. The summed E-state index contributed by atoms with van der Waals surface area (Å²) in [6, 6.07) is 1.29. The van der Waals surface area contributed by atoms with Crippen molar-refractivity contribution in [2.24, 2.45) is 17.8 Å². The van der Waals surface area contributed by atoms with Gasteiger partial charge in [-0.25, -0.2) is 4.79 Å². The third kappa shape index (κ3) is 5.06. The Morgan fingerprint density at radius 3 is 2.70 bits per heavy atom. The van der Waals surface area contributed by atoms with E-state index in [2.05, 4.69) is 26.6 Å². The SMILES string of the molecule is C[C@@H]1C[C@H](CC=O)[C@H]2CCCN(C(=O)OCC[Si](C)(C)C)[C@H]2C1. The van der Waals surface area contributed by atoms with Crippen LogP contribution in [-0.2, 0) is 9.53 Å². The number of carbonyl (C=O) groups is 2. The molecular formula is C18H33NO3Si. The van der Waals surface area contributed by atoms with E-state index < -0.39 is 8.07 Å². The Morgan fingerprint density at radius 2 is 2.04 bits per heavy atom. The van der Waals surface area contributed by atoms with Crippen molar-refractivity contribution in [3.8, 4) is 0 Å². The van der Waals surface area contributed by atoms with Crippen LogP contribution in [0.25, 0.3) is 0 Å². The maximum Gasteiger partial charge on any atom is 0.410 e. The standard InChI is InChI=1S/C18H33NO3Si/c1-14-12-15(7-9-20)16-6-5-8-19(17(16)13-14)18(21)22-10-11-23(2,3)4/h9,14-17H,5-8,10-13H2,1-4H3/t14-,15+,16-,17+/m1/s1. The Balaban J connectivity index is 1.98. The van der Waals surface area contributed by atoms with Crippen LogP contribution in [0.3, 0.4) is 0 Å². The Hall–Kier alpha value is -0.843. The number of ether oxygens (including phenoxy) is 1. The molecule has 132 valence electrons. The Morgan fingerprint density at radius 1 is 1.30 bits per heavy atom. The van der Waals surface area contributed by atoms with Gasteiger partial charge in [0.1, 0.15) is 6.29 Å². The van der Waals surface area contributed by atoms with Crippen molar-refractivity contribution in [1.29, 1.82) is 0 Å². The van der Waals surface area contributed by atoms with E-state index in [0.717, 1.165) is 44.6 Å². The number of likely N-dealkylation sites (tertiary alicyclic amines) is 1. The van der Waals surface area contributed by atoms with Crippen LogP contribution in [0, 0.1) is 17.8 Å². The van der Waals surface area contributed by atoms with Crippen LogP contribution < -0.4 is 0 Å². The van der Waals surface area contributed by atoms with Crippen LogP contribution in [-0.4, -0.2) is 44.5 Å². The number of carbonyl (C=O) groups excluding carboxylic acids is 2. The zero-order chi connectivity index (χ0) is 17.0. The highest BCUT2D eigenvalue weighted by Gasteiger charge is 2.43. The van der Waals surface area contributed by atoms with Crippen molar-refractivity contribution in [3.05, 3.63) is 0 Å². The molecule has 0 unspecified atom stereocenters. The third-order valence-electron chi connectivity index (χ3n) is 5.50. The summed E-state index contributed by atoms with van der Waals surface area (Å²) in [6.07, 6.45) is 5.94. The maximum absolute atomic E-state index is 12.6. The number of amides is 1. The van der Waals surface area contributed by atoms with Crippen LogP contribution in [0.4, 0.5) is 4.79 Å². The van der Waals surface area contributed by atoms with Gasteiger partial charge in [0.2, 0.25) is 0 Å². The third-order valence-corrected chi connectivity index (χ3v) is 7.20. The first kappa shape index (κ1) is 18.5. The van der Waals surface area contributed by atoms with Crippen molar-refractivity contribution in [2.75, 3.05) is 13.2 Å². The monoisotopic (exact) mass is 339 g/mol. The van der Waals surface area contributed by atoms with E-state index >= 15 is 0 Å². The van der Waals surface area contributed by atoms with E-state index in [0.29, 0.717) is 30.8 Å². The van der Waals surface area contributed by atoms with Crippen molar-refractivity contribution in [3.63, 3.8) is 0 Å². The summed E-state index contributed by atoms with van der Waals surface area (Å²) in [5, 5.41) is 0. The van der Waals surface area contributed by atoms with Gasteiger partial charge in [0.05, 0.1) is 6.61 Å². The molecule has 5 heteroatoms. The molecule has 0 aromatic heterocycles. The fourth-order valence-electron chi connectivity index (χ4n) is 4.29. The smallest absolute Gasteiger partial charge is 0.410 e. The number of nitrogens with zero attached hydrogens (tertiary/aromatic N) is 1. The molecule has 0 radical (unpaired) electrons. The predicted octanol–water partition coefficient (Wildman–Crippen LogP) is 4.18. The van der Waals surface area contributed by atoms with E-state index in [9.17, 15) is 9.59 Å². The Kier molecular flexibility index (Phi) is 6.29. The van der Waals surface area contributed by atoms with E-state index in [1.165, 1.54) is 0 Å². The second-order valence-electron chi connectivity index (χ2n) is 8.73. The molecule has 2 fully saturated rings. The number of aldehydes is 1. The van der Waals surface area contributed by atoms with Crippen LogP contribution in [0.15, 0.2) is 0 Å². The van der Waals surface area contributed by atoms with Crippen LogP contribution in [0.2, 0.25) is 25.7 Å². The van der Waals surface area contributed by atoms with Crippen molar-refractivity contribution < 1.29 is 14.3 Å². The molecule has 4 nitrogen and oxygen atoms in total. The lowest BCUT2D eigenvalue weighted by molar-refractivity contribution is -0.110. The number of hydrogen-bond donors (Lipinski definition) is 0. The highest BCUT2D eigenvalue weighted by molar-refractivity contribution is 6.76. The molecule has 1 saturated carbocycles. The second kappa shape index (κ2) is 7.82. The van der Waals surface area contributed by atoms with Crippen LogP contribution >= 0.6 is 0 Å². The summed E-state index contributed by atoms with van der Waals surface area (Å²) in [7, 11) is -1.18. The van der Waals surface area contributed by atoms with Gasteiger partial charge < -0.3 is 14.4 Å². The van der Waals surface area contributed by atoms with Crippen molar-refractivity contribution in [2.45, 2.75) is 70.8 Å². The van der Waals surface area contributed by atoms with Gasteiger partial charge in [0.25, 0.3) is 0 Å². The summed E-state index contributed by atoms with van der Waals surface area (Å²) < 4.78 is 5.59. The Labute approximate surface area is 142 Å². The quantitative estimate of drug-likeness (QED) is 0.558. The van der Waals surface area contributed by atoms with E-state index in [1.807, 2.05) is 4.90 Å². The fraction of sp³-hybridized carbons (Fsp3) is 0.889. The molecule has 1 aliphatic heterocycles. The number of fused-ring (bicyclic) bond motifs is 1. The highest BCUT2D eigenvalue weighted by atomic mass is 28.3. The molecular weight excluding hydrogens is 306 g/mol. The number of hydrogen-bond acceptors (Lipinski definition) is 3. The highest BCUT2D eigenvalue weighted by Crippen LogP contribution is 2.43. The van der Waals surface area contributed by atoms with Gasteiger partial charge in [-0.15, -0.1) is 0 Å². The number of piperidine rings is 1. The molecule has 0 spiro atoms. The lowest BCUT2D eigenvalue weighted by Crippen LogP contribution is -2.53. The lowest BCUT2D eigenvalue weighted by Gasteiger charge is -2.48. The van der Waals surface area contributed by atoms with Crippen LogP contribution in [0.1, 0.15) is 39.0 Å². The minimum Gasteiger partial charge on any atom is -0.450 e. The average Bonchev–Trinajstić information content (AvgIpc) is 2.45. The summed E-state index contributed by atoms with van der Waals surface area (Å²) in [4.78, 5) is 25.5. The maximum atomic E-state index is 12.6. The largest absolute Gasteiger partial charge is 0.450 e. The van der Waals surface area contributed by atoms with E-state index in [1.54, 1.807) is 0 Å². The van der Waals surface area contributed by atoms with E-state index in [-0.39, 0.29) is 12.1 Å². The first-order chi connectivity index (χ1) is 10.8. The van der Waals surface area contributed by atoms with Gasteiger partial charge in [-0.05, 0) is 49.5 Å². The van der Waals surface area contributed by atoms with Gasteiger partial charge in [-0.2, -0.15) is 0 Å². The molecule has 0 N–H and O–H groups in total. The average molecular weight is 340 g/mol. The van der Waals surface area contributed by atoms with Gasteiger partial charge in [-0.1, -0.05) is 26.6 Å². The zero-order valence-corrected chi connectivity index (χ0v) is 16.2. The molecule has 1 amide bonds. The summed E-state index contributed by atoms with van der Waals surface area (Å²) >= 11 is 0. The predicted molar refractivity (Wildman–Crippen MR) is 95.3 cm³/mol. The topological polar surface area (TPSA) is 46.6 Å². The molecule has 23 heavy (non-hydrogen) atoms. The van der Waals surface area contributed by atoms with E-state index in [4.69, 9.17) is 4.74 Å². The molecule has 4 atom stereocenters. The second-order valence-corrected chi connectivity index (χ2v) is 14.4. The molecule has 1 saturated heterocycles. The first-order valence-corrected chi connectivity index (χ1v) is 12.9. The first-order valence-electron chi connectivity index (χ1n) is 9.19. The Bertz CT molecular complexity index is 421.